The second-order valence-electron chi connectivity index (χ2n) is 6.46. The number of hydrogen-bond donors (Lipinski definition) is 0. The molecule has 2 heterocycles. The summed E-state index contributed by atoms with van der Waals surface area (Å²) in [6.45, 7) is 4.73. The number of carbonyl (C=O) groups is 1. The monoisotopic (exact) mass is 428 g/mol. The van der Waals surface area contributed by atoms with E-state index >= 15 is 0 Å². The standard InChI is InChI=1S/C19H19Cl2FN2O2S/c1-10(2)27-18-14(20)8-23-17(16(18)21)12-4-5-15(22)11-6-7-24(9-13(11)12)19(25)26-3/h4-5,8,10H,6-7,9H2,1-3H3. The minimum Gasteiger partial charge on any atom is -0.453 e. The van der Waals surface area contributed by atoms with Gasteiger partial charge in [-0.3, -0.25) is 4.98 Å². The Morgan fingerprint density at radius 3 is 2.74 bits per heavy atom. The Labute approximate surface area is 172 Å². The summed E-state index contributed by atoms with van der Waals surface area (Å²) in [5, 5.41) is 1.20. The van der Waals surface area contributed by atoms with E-state index in [0.29, 0.717) is 45.4 Å². The summed E-state index contributed by atoms with van der Waals surface area (Å²) in [5.41, 5.74) is 2.52. The topological polar surface area (TPSA) is 42.4 Å². The lowest BCUT2D eigenvalue weighted by Gasteiger charge is -2.29. The van der Waals surface area contributed by atoms with E-state index in [4.69, 9.17) is 27.9 Å². The molecule has 1 aliphatic heterocycles. The molecule has 0 N–H and O–H groups in total. The summed E-state index contributed by atoms with van der Waals surface area (Å²) in [7, 11) is 1.33. The molecule has 0 atom stereocenters. The number of amides is 1. The average Bonchev–Trinajstić information content (AvgIpc) is 2.65. The second-order valence-corrected chi connectivity index (χ2v) is 8.83. The zero-order valence-electron chi connectivity index (χ0n) is 15.2. The Balaban J connectivity index is 2.13. The zero-order chi connectivity index (χ0) is 19.7. The van der Waals surface area contributed by atoms with Crippen LogP contribution in [0.5, 0.6) is 0 Å². The number of fused-ring (bicyclic) bond motifs is 1. The van der Waals surface area contributed by atoms with Crippen LogP contribution in [-0.2, 0) is 17.7 Å². The van der Waals surface area contributed by atoms with Crippen LogP contribution in [0.15, 0.2) is 23.2 Å². The number of halogens is 3. The van der Waals surface area contributed by atoms with Crippen LogP contribution in [0, 0.1) is 5.82 Å². The van der Waals surface area contributed by atoms with Crippen molar-refractivity contribution in [1.29, 1.82) is 0 Å². The Bertz CT molecular complexity index is 892. The van der Waals surface area contributed by atoms with Gasteiger partial charge in [0.15, 0.2) is 0 Å². The van der Waals surface area contributed by atoms with Crippen molar-refractivity contribution < 1.29 is 13.9 Å². The Kier molecular flexibility index (Phi) is 6.18. The number of benzene rings is 1. The number of thioether (sulfide) groups is 1. The molecule has 0 radical (unpaired) electrons. The van der Waals surface area contributed by atoms with E-state index in [1.807, 2.05) is 13.8 Å². The van der Waals surface area contributed by atoms with Crippen LogP contribution in [0.4, 0.5) is 9.18 Å². The van der Waals surface area contributed by atoms with E-state index in [1.54, 1.807) is 28.9 Å². The van der Waals surface area contributed by atoms with Gasteiger partial charge in [-0.1, -0.05) is 37.0 Å². The van der Waals surface area contributed by atoms with Crippen LogP contribution in [0.2, 0.25) is 10.0 Å². The smallest absolute Gasteiger partial charge is 0.409 e. The maximum atomic E-state index is 14.4. The fourth-order valence-corrected chi connectivity index (χ4v) is 4.67. The van der Waals surface area contributed by atoms with Crippen LogP contribution in [0.25, 0.3) is 11.3 Å². The first-order valence-electron chi connectivity index (χ1n) is 8.47. The van der Waals surface area contributed by atoms with E-state index in [9.17, 15) is 9.18 Å². The Morgan fingerprint density at radius 1 is 1.33 bits per heavy atom. The molecule has 27 heavy (non-hydrogen) atoms. The van der Waals surface area contributed by atoms with E-state index in [1.165, 1.54) is 13.2 Å². The lowest BCUT2D eigenvalue weighted by Crippen LogP contribution is -2.36. The highest BCUT2D eigenvalue weighted by Crippen LogP contribution is 2.42. The molecule has 0 saturated carbocycles. The van der Waals surface area contributed by atoms with Crippen molar-refractivity contribution in [2.75, 3.05) is 13.7 Å². The number of nitrogens with zero attached hydrogens (tertiary/aromatic N) is 2. The average molecular weight is 429 g/mol. The third kappa shape index (κ3) is 4.03. The van der Waals surface area contributed by atoms with E-state index in [0.717, 1.165) is 4.90 Å². The van der Waals surface area contributed by atoms with Gasteiger partial charge in [-0.05, 0) is 29.7 Å². The summed E-state index contributed by atoms with van der Waals surface area (Å²) in [6.07, 6.45) is 1.52. The molecule has 0 aliphatic carbocycles. The number of hydrogen-bond acceptors (Lipinski definition) is 4. The van der Waals surface area contributed by atoms with Crippen molar-refractivity contribution in [2.24, 2.45) is 0 Å². The van der Waals surface area contributed by atoms with Gasteiger partial charge in [-0.15, -0.1) is 11.8 Å². The number of carbonyl (C=O) groups excluding carboxylic acids is 1. The summed E-state index contributed by atoms with van der Waals surface area (Å²) >= 11 is 14.5. The van der Waals surface area contributed by atoms with Gasteiger partial charge < -0.3 is 9.64 Å². The predicted molar refractivity (Wildman–Crippen MR) is 107 cm³/mol. The summed E-state index contributed by atoms with van der Waals surface area (Å²) in [4.78, 5) is 18.6. The van der Waals surface area contributed by atoms with Gasteiger partial charge in [0.1, 0.15) is 5.82 Å². The molecule has 0 spiro atoms. The molecule has 2 aromatic rings. The molecule has 0 saturated heterocycles. The summed E-state index contributed by atoms with van der Waals surface area (Å²) in [6, 6.07) is 3.07. The maximum absolute atomic E-state index is 14.4. The van der Waals surface area contributed by atoms with Crippen molar-refractivity contribution >= 4 is 41.1 Å². The van der Waals surface area contributed by atoms with Crippen molar-refractivity contribution in [1.82, 2.24) is 9.88 Å². The van der Waals surface area contributed by atoms with Crippen molar-refractivity contribution in [3.05, 3.63) is 45.3 Å². The van der Waals surface area contributed by atoms with Gasteiger partial charge in [-0.25, -0.2) is 9.18 Å². The largest absolute Gasteiger partial charge is 0.453 e. The number of rotatable bonds is 3. The number of methoxy groups -OCH3 is 1. The van der Waals surface area contributed by atoms with Crippen LogP contribution >= 0.6 is 35.0 Å². The molecule has 3 rings (SSSR count). The molecular weight excluding hydrogens is 410 g/mol. The van der Waals surface area contributed by atoms with E-state index < -0.39 is 6.09 Å². The van der Waals surface area contributed by atoms with Gasteiger partial charge in [0.2, 0.25) is 0 Å². The fourth-order valence-electron chi connectivity index (χ4n) is 3.12. The van der Waals surface area contributed by atoms with Gasteiger partial charge in [0.25, 0.3) is 0 Å². The molecule has 1 aromatic heterocycles. The second kappa shape index (κ2) is 8.25. The third-order valence-corrected chi connectivity index (χ3v) is 6.34. The van der Waals surface area contributed by atoms with Crippen molar-refractivity contribution in [2.45, 2.75) is 37.0 Å². The highest BCUT2D eigenvalue weighted by Gasteiger charge is 2.27. The molecule has 0 fully saturated rings. The minimum absolute atomic E-state index is 0.238. The van der Waals surface area contributed by atoms with Gasteiger partial charge in [0.05, 0.1) is 29.4 Å². The third-order valence-electron chi connectivity index (χ3n) is 4.33. The lowest BCUT2D eigenvalue weighted by molar-refractivity contribution is 0.118. The normalized spacial score (nSPS) is 13.7. The van der Waals surface area contributed by atoms with Gasteiger partial charge in [0, 0.05) is 28.5 Å². The highest BCUT2D eigenvalue weighted by atomic mass is 35.5. The maximum Gasteiger partial charge on any atom is 0.409 e. The minimum atomic E-state index is -0.443. The molecule has 1 aliphatic rings. The first-order chi connectivity index (χ1) is 12.8. The molecule has 1 aromatic carbocycles. The van der Waals surface area contributed by atoms with Crippen molar-refractivity contribution in [3.63, 3.8) is 0 Å². The zero-order valence-corrected chi connectivity index (χ0v) is 17.5. The first-order valence-corrected chi connectivity index (χ1v) is 10.1. The van der Waals surface area contributed by atoms with Crippen molar-refractivity contribution in [3.8, 4) is 11.3 Å². The molecule has 1 amide bonds. The lowest BCUT2D eigenvalue weighted by atomic mass is 9.92. The van der Waals surface area contributed by atoms with E-state index in [2.05, 4.69) is 4.98 Å². The van der Waals surface area contributed by atoms with Crippen LogP contribution in [-0.4, -0.2) is 34.9 Å². The first kappa shape index (κ1) is 20.2. The number of aromatic nitrogens is 1. The van der Waals surface area contributed by atoms with Crippen LogP contribution in [0.1, 0.15) is 25.0 Å². The quantitative estimate of drug-likeness (QED) is 0.577. The highest BCUT2D eigenvalue weighted by molar-refractivity contribution is 8.00. The van der Waals surface area contributed by atoms with Crippen LogP contribution in [0.3, 0.4) is 0 Å². The summed E-state index contributed by atoms with van der Waals surface area (Å²) < 4.78 is 19.2. The van der Waals surface area contributed by atoms with Gasteiger partial charge >= 0.3 is 6.09 Å². The Hall–Kier alpha value is -1.50. The molecule has 8 heteroatoms. The van der Waals surface area contributed by atoms with E-state index in [-0.39, 0.29) is 17.6 Å². The fraction of sp³-hybridized carbons (Fsp3) is 0.368. The SMILES string of the molecule is COC(=O)N1CCc2c(F)ccc(-c3ncc(Cl)c(SC(C)C)c3Cl)c2C1. The number of ether oxygens (including phenoxy) is 1. The van der Waals surface area contributed by atoms with Crippen LogP contribution < -0.4 is 0 Å². The Morgan fingerprint density at radius 2 is 2.07 bits per heavy atom. The molecular formula is C19H19Cl2FN2O2S. The summed E-state index contributed by atoms with van der Waals surface area (Å²) in [5.74, 6) is -0.292. The predicted octanol–water partition coefficient (Wildman–Crippen LogP) is 5.82. The molecule has 144 valence electrons. The van der Waals surface area contributed by atoms with Gasteiger partial charge in [-0.2, -0.15) is 0 Å². The molecule has 0 bridgehead atoms. The molecule has 0 unspecified atom stereocenters. The number of pyridine rings is 1. The molecule has 4 nitrogen and oxygen atoms in total.